The third-order valence-corrected chi connectivity index (χ3v) is 3.52. The van der Waals surface area contributed by atoms with Gasteiger partial charge in [0.25, 0.3) is 0 Å². The number of rotatable bonds is 1. The van der Waals surface area contributed by atoms with Crippen LogP contribution in [0.4, 0.5) is 0 Å². The van der Waals surface area contributed by atoms with Crippen LogP contribution in [0.1, 0.15) is 46.5 Å². The molecule has 2 aliphatic carbocycles. The van der Waals surface area contributed by atoms with Gasteiger partial charge in [-0.3, -0.25) is 0 Å². The second kappa shape index (κ2) is 2.71. The summed E-state index contributed by atoms with van der Waals surface area (Å²) < 4.78 is 5.94. The highest BCUT2D eigenvalue weighted by Crippen LogP contribution is 2.57. The molecule has 1 spiro atoms. The van der Waals surface area contributed by atoms with Crippen molar-refractivity contribution in [2.24, 2.45) is 5.41 Å². The Labute approximate surface area is 80.3 Å². The molecule has 0 unspecified atom stereocenters. The Kier molecular flexibility index (Phi) is 1.97. The predicted molar refractivity (Wildman–Crippen MR) is 51.5 cm³/mol. The molecule has 2 rings (SSSR count). The van der Waals surface area contributed by atoms with Crippen molar-refractivity contribution in [3.8, 4) is 0 Å². The SMILES string of the molecule is CC(C)(C)O[C@H]1C[C@H](O)C12CCC2. The third-order valence-electron chi connectivity index (χ3n) is 3.52. The van der Waals surface area contributed by atoms with Gasteiger partial charge < -0.3 is 9.84 Å². The lowest BCUT2D eigenvalue weighted by molar-refractivity contribution is -0.254. The smallest absolute Gasteiger partial charge is 0.0688 e. The van der Waals surface area contributed by atoms with Crippen LogP contribution in [-0.4, -0.2) is 22.9 Å². The Morgan fingerprint density at radius 2 is 1.92 bits per heavy atom. The van der Waals surface area contributed by atoms with Crippen LogP contribution in [0.2, 0.25) is 0 Å². The Morgan fingerprint density at radius 1 is 1.31 bits per heavy atom. The van der Waals surface area contributed by atoms with E-state index in [0.29, 0.717) is 6.10 Å². The van der Waals surface area contributed by atoms with Crippen molar-refractivity contribution < 1.29 is 9.84 Å². The number of aliphatic hydroxyl groups is 1. The fourth-order valence-corrected chi connectivity index (χ4v) is 2.56. The van der Waals surface area contributed by atoms with Crippen LogP contribution < -0.4 is 0 Å². The van der Waals surface area contributed by atoms with E-state index in [-0.39, 0.29) is 17.1 Å². The first-order chi connectivity index (χ1) is 5.94. The number of hydrogen-bond donors (Lipinski definition) is 1. The summed E-state index contributed by atoms with van der Waals surface area (Å²) in [5.41, 5.74) is 0.0979. The van der Waals surface area contributed by atoms with E-state index in [1.54, 1.807) is 0 Å². The van der Waals surface area contributed by atoms with Crippen molar-refractivity contribution in [3.05, 3.63) is 0 Å². The molecule has 0 aromatic carbocycles. The molecule has 0 aromatic rings. The maximum Gasteiger partial charge on any atom is 0.0688 e. The summed E-state index contributed by atoms with van der Waals surface area (Å²) in [4.78, 5) is 0. The minimum Gasteiger partial charge on any atom is -0.392 e. The Morgan fingerprint density at radius 3 is 2.23 bits per heavy atom. The summed E-state index contributed by atoms with van der Waals surface area (Å²) >= 11 is 0. The molecule has 0 bridgehead atoms. The first kappa shape index (κ1) is 9.47. The van der Waals surface area contributed by atoms with Crippen LogP contribution in [-0.2, 0) is 4.74 Å². The Hall–Kier alpha value is -0.0800. The van der Waals surface area contributed by atoms with E-state index in [1.165, 1.54) is 6.42 Å². The molecule has 0 radical (unpaired) electrons. The normalized spacial score (nSPS) is 36.9. The van der Waals surface area contributed by atoms with Crippen molar-refractivity contribution >= 4 is 0 Å². The highest BCUT2D eigenvalue weighted by atomic mass is 16.5. The molecular weight excluding hydrogens is 164 g/mol. The van der Waals surface area contributed by atoms with Crippen LogP contribution in [0.3, 0.4) is 0 Å². The summed E-state index contributed by atoms with van der Waals surface area (Å²) in [6.07, 6.45) is 4.66. The van der Waals surface area contributed by atoms with Crippen molar-refractivity contribution in [3.63, 3.8) is 0 Å². The van der Waals surface area contributed by atoms with Gasteiger partial charge in [-0.25, -0.2) is 0 Å². The van der Waals surface area contributed by atoms with Gasteiger partial charge in [0, 0.05) is 11.8 Å². The molecule has 0 heterocycles. The van der Waals surface area contributed by atoms with Crippen LogP contribution in [0.25, 0.3) is 0 Å². The third kappa shape index (κ3) is 1.40. The van der Waals surface area contributed by atoms with Gasteiger partial charge in [0.2, 0.25) is 0 Å². The predicted octanol–water partition coefficient (Wildman–Crippen LogP) is 2.10. The topological polar surface area (TPSA) is 29.5 Å². The van der Waals surface area contributed by atoms with Crippen molar-refractivity contribution in [2.45, 2.75) is 64.3 Å². The van der Waals surface area contributed by atoms with E-state index in [1.807, 2.05) is 0 Å². The molecule has 0 aliphatic heterocycles. The van der Waals surface area contributed by atoms with E-state index in [4.69, 9.17) is 4.74 Å². The van der Waals surface area contributed by atoms with E-state index in [9.17, 15) is 5.11 Å². The highest BCUT2D eigenvalue weighted by molar-refractivity contribution is 5.09. The molecule has 2 heteroatoms. The molecule has 0 saturated heterocycles. The van der Waals surface area contributed by atoms with Gasteiger partial charge in [0.05, 0.1) is 17.8 Å². The van der Waals surface area contributed by atoms with Crippen molar-refractivity contribution in [1.82, 2.24) is 0 Å². The zero-order valence-electron chi connectivity index (χ0n) is 8.84. The highest BCUT2D eigenvalue weighted by Gasteiger charge is 2.59. The molecular formula is C11H20O2. The molecule has 0 amide bonds. The molecule has 2 atom stereocenters. The molecule has 76 valence electrons. The minimum atomic E-state index is -0.0893. The van der Waals surface area contributed by atoms with Crippen molar-refractivity contribution in [2.75, 3.05) is 0 Å². The van der Waals surface area contributed by atoms with Gasteiger partial charge in [-0.2, -0.15) is 0 Å². The largest absolute Gasteiger partial charge is 0.392 e. The van der Waals surface area contributed by atoms with E-state index in [2.05, 4.69) is 20.8 Å². The summed E-state index contributed by atoms with van der Waals surface area (Å²) in [6.45, 7) is 6.26. The monoisotopic (exact) mass is 184 g/mol. The molecule has 2 nitrogen and oxygen atoms in total. The van der Waals surface area contributed by atoms with Gasteiger partial charge in [-0.15, -0.1) is 0 Å². The van der Waals surface area contributed by atoms with E-state index < -0.39 is 0 Å². The van der Waals surface area contributed by atoms with Crippen molar-refractivity contribution in [1.29, 1.82) is 0 Å². The quantitative estimate of drug-likeness (QED) is 0.676. The van der Waals surface area contributed by atoms with E-state index >= 15 is 0 Å². The summed E-state index contributed by atoms with van der Waals surface area (Å²) in [5, 5.41) is 9.71. The second-order valence-electron chi connectivity index (χ2n) is 5.56. The summed E-state index contributed by atoms with van der Waals surface area (Å²) in [7, 11) is 0. The van der Waals surface area contributed by atoms with Crippen LogP contribution >= 0.6 is 0 Å². The number of aliphatic hydroxyl groups excluding tert-OH is 1. The zero-order chi connectivity index (χ0) is 9.69. The Balaban J connectivity index is 1.96. The average molecular weight is 184 g/mol. The molecule has 1 N–H and O–H groups in total. The zero-order valence-corrected chi connectivity index (χ0v) is 8.84. The summed E-state index contributed by atoms with van der Waals surface area (Å²) in [6, 6.07) is 0. The fraction of sp³-hybridized carbons (Fsp3) is 1.00. The van der Waals surface area contributed by atoms with Crippen LogP contribution in [0.5, 0.6) is 0 Å². The minimum absolute atomic E-state index is 0.0621. The van der Waals surface area contributed by atoms with Gasteiger partial charge in [-0.1, -0.05) is 6.42 Å². The van der Waals surface area contributed by atoms with Gasteiger partial charge in [0.15, 0.2) is 0 Å². The standard InChI is InChI=1S/C11H20O2/c1-10(2,3)13-9-7-8(12)11(9)5-4-6-11/h8-9,12H,4-7H2,1-3H3/t8-,9-/m0/s1. The first-order valence-electron chi connectivity index (χ1n) is 5.30. The second-order valence-corrected chi connectivity index (χ2v) is 5.56. The van der Waals surface area contributed by atoms with Gasteiger partial charge in [-0.05, 0) is 33.6 Å². The fourth-order valence-electron chi connectivity index (χ4n) is 2.56. The van der Waals surface area contributed by atoms with Crippen LogP contribution in [0.15, 0.2) is 0 Å². The molecule has 2 aliphatic rings. The molecule has 2 fully saturated rings. The van der Waals surface area contributed by atoms with E-state index in [0.717, 1.165) is 19.3 Å². The van der Waals surface area contributed by atoms with Gasteiger partial charge >= 0.3 is 0 Å². The Bertz CT molecular complexity index is 201. The first-order valence-corrected chi connectivity index (χ1v) is 5.30. The molecule has 13 heavy (non-hydrogen) atoms. The lowest BCUT2D eigenvalue weighted by Gasteiger charge is -2.60. The number of hydrogen-bond acceptors (Lipinski definition) is 2. The number of ether oxygens (including phenoxy) is 1. The average Bonchev–Trinajstić information content (AvgIpc) is 1.78. The lowest BCUT2D eigenvalue weighted by Crippen LogP contribution is -2.63. The lowest BCUT2D eigenvalue weighted by atomic mass is 9.52. The molecule has 2 saturated carbocycles. The maximum absolute atomic E-state index is 9.71. The van der Waals surface area contributed by atoms with Gasteiger partial charge in [0.1, 0.15) is 0 Å². The summed E-state index contributed by atoms with van der Waals surface area (Å²) in [5.74, 6) is 0. The molecule has 0 aromatic heterocycles. The van der Waals surface area contributed by atoms with Crippen LogP contribution in [0, 0.1) is 5.41 Å². The maximum atomic E-state index is 9.71.